The lowest BCUT2D eigenvalue weighted by Crippen LogP contribution is -2.28. The summed E-state index contributed by atoms with van der Waals surface area (Å²) in [5.41, 5.74) is 0.865. The number of ether oxygens (including phenoxy) is 1. The number of anilines is 1. The molecule has 1 unspecified atom stereocenters. The molecule has 1 atom stereocenters. The lowest BCUT2D eigenvalue weighted by molar-refractivity contribution is -0.114. The third-order valence-corrected chi connectivity index (χ3v) is 3.73. The number of carbonyl (C=O) groups is 2. The van der Waals surface area contributed by atoms with Crippen molar-refractivity contribution in [1.29, 1.82) is 0 Å². The molecule has 0 aliphatic carbocycles. The van der Waals surface area contributed by atoms with Gasteiger partial charge in [-0.2, -0.15) is 0 Å². The summed E-state index contributed by atoms with van der Waals surface area (Å²) in [6.45, 7) is 1.42. The van der Waals surface area contributed by atoms with Crippen molar-refractivity contribution in [3.05, 3.63) is 40.9 Å². The average Bonchev–Trinajstić information content (AvgIpc) is 3.00. The molecular formula is C15H17N3O4S. The Bertz CT molecular complexity index is 684. The Morgan fingerprint density at radius 3 is 2.65 bits per heavy atom. The van der Waals surface area contributed by atoms with E-state index in [0.717, 1.165) is 11.3 Å². The number of thiazole rings is 1. The summed E-state index contributed by atoms with van der Waals surface area (Å²) < 4.78 is 5.05. The van der Waals surface area contributed by atoms with Gasteiger partial charge < -0.3 is 20.5 Å². The molecule has 2 aromatic rings. The van der Waals surface area contributed by atoms with Crippen LogP contribution in [0.25, 0.3) is 0 Å². The van der Waals surface area contributed by atoms with E-state index >= 15 is 0 Å². The van der Waals surface area contributed by atoms with E-state index in [1.807, 2.05) is 0 Å². The van der Waals surface area contributed by atoms with Crippen molar-refractivity contribution < 1.29 is 19.4 Å². The molecule has 122 valence electrons. The molecule has 1 heterocycles. The van der Waals surface area contributed by atoms with Gasteiger partial charge in [0, 0.05) is 18.8 Å². The van der Waals surface area contributed by atoms with Gasteiger partial charge in [-0.25, -0.2) is 4.98 Å². The number of nitrogens with zero attached hydrogens (tertiary/aromatic N) is 1. The molecule has 0 aliphatic heterocycles. The number of hydrogen-bond donors (Lipinski definition) is 3. The van der Waals surface area contributed by atoms with E-state index in [1.165, 1.54) is 6.92 Å². The van der Waals surface area contributed by atoms with Crippen molar-refractivity contribution in [2.75, 3.05) is 19.0 Å². The molecule has 0 spiro atoms. The highest BCUT2D eigenvalue weighted by atomic mass is 32.1. The van der Waals surface area contributed by atoms with Crippen LogP contribution < -0.4 is 15.4 Å². The number of nitrogens with one attached hydrogen (secondary N) is 2. The Morgan fingerprint density at radius 2 is 2.04 bits per heavy atom. The van der Waals surface area contributed by atoms with E-state index < -0.39 is 12.0 Å². The Hall–Kier alpha value is -2.45. The summed E-state index contributed by atoms with van der Waals surface area (Å²) in [6.07, 6.45) is -0.835. The number of aliphatic hydroxyl groups is 1. The second-order valence-electron chi connectivity index (χ2n) is 4.72. The van der Waals surface area contributed by atoms with Crippen LogP contribution in [0, 0.1) is 0 Å². The fourth-order valence-electron chi connectivity index (χ4n) is 1.81. The van der Waals surface area contributed by atoms with Crippen LogP contribution in [0.1, 0.15) is 29.1 Å². The zero-order chi connectivity index (χ0) is 16.8. The van der Waals surface area contributed by atoms with Crippen LogP contribution in [-0.2, 0) is 4.79 Å². The summed E-state index contributed by atoms with van der Waals surface area (Å²) in [5.74, 6) is 0.0320. The van der Waals surface area contributed by atoms with Gasteiger partial charge in [-0.05, 0) is 17.7 Å². The van der Waals surface area contributed by atoms with Crippen LogP contribution >= 0.6 is 11.3 Å². The molecule has 23 heavy (non-hydrogen) atoms. The van der Waals surface area contributed by atoms with E-state index in [1.54, 1.807) is 36.8 Å². The highest BCUT2D eigenvalue weighted by Gasteiger charge is 2.14. The largest absolute Gasteiger partial charge is 0.497 e. The molecule has 1 aromatic heterocycles. The predicted octanol–water partition coefficient (Wildman–Crippen LogP) is 1.57. The van der Waals surface area contributed by atoms with Crippen LogP contribution in [0.3, 0.4) is 0 Å². The van der Waals surface area contributed by atoms with E-state index in [-0.39, 0.29) is 18.1 Å². The van der Waals surface area contributed by atoms with Crippen LogP contribution in [0.4, 0.5) is 5.13 Å². The van der Waals surface area contributed by atoms with Crippen LogP contribution in [0.5, 0.6) is 5.75 Å². The third kappa shape index (κ3) is 4.76. The molecule has 8 heteroatoms. The summed E-state index contributed by atoms with van der Waals surface area (Å²) in [7, 11) is 1.56. The van der Waals surface area contributed by atoms with E-state index in [9.17, 15) is 14.7 Å². The molecule has 0 fully saturated rings. The zero-order valence-electron chi connectivity index (χ0n) is 12.7. The minimum absolute atomic E-state index is 0.0537. The van der Waals surface area contributed by atoms with Gasteiger partial charge in [0.1, 0.15) is 11.4 Å². The number of hydrogen-bond acceptors (Lipinski definition) is 6. The Morgan fingerprint density at radius 1 is 1.35 bits per heavy atom. The van der Waals surface area contributed by atoms with Crippen molar-refractivity contribution in [2.45, 2.75) is 13.0 Å². The molecule has 3 N–H and O–H groups in total. The highest BCUT2D eigenvalue weighted by molar-refractivity contribution is 7.14. The molecule has 0 bridgehead atoms. The lowest BCUT2D eigenvalue weighted by Gasteiger charge is -2.12. The van der Waals surface area contributed by atoms with Gasteiger partial charge in [0.25, 0.3) is 5.91 Å². The Balaban J connectivity index is 1.89. The van der Waals surface area contributed by atoms with Crippen LogP contribution in [-0.4, -0.2) is 35.6 Å². The molecule has 1 aromatic carbocycles. The Kier molecular flexibility index (Phi) is 5.67. The summed E-state index contributed by atoms with van der Waals surface area (Å²) in [6, 6.07) is 6.93. The van der Waals surface area contributed by atoms with Crippen molar-refractivity contribution in [3.63, 3.8) is 0 Å². The summed E-state index contributed by atoms with van der Waals surface area (Å²) in [5, 5.41) is 17.1. The van der Waals surface area contributed by atoms with Crippen LogP contribution in [0.2, 0.25) is 0 Å². The minimum atomic E-state index is -0.835. The van der Waals surface area contributed by atoms with E-state index in [2.05, 4.69) is 15.6 Å². The maximum absolute atomic E-state index is 12.0. The fraction of sp³-hybridized carbons (Fsp3) is 0.267. The number of benzene rings is 1. The first-order chi connectivity index (χ1) is 11.0. The van der Waals surface area contributed by atoms with Crippen molar-refractivity contribution >= 4 is 28.3 Å². The van der Waals surface area contributed by atoms with Gasteiger partial charge >= 0.3 is 0 Å². The molecular weight excluding hydrogens is 318 g/mol. The normalized spacial score (nSPS) is 11.6. The molecule has 0 saturated carbocycles. The minimum Gasteiger partial charge on any atom is -0.497 e. The summed E-state index contributed by atoms with van der Waals surface area (Å²) >= 11 is 1.16. The van der Waals surface area contributed by atoms with E-state index in [0.29, 0.717) is 16.4 Å². The third-order valence-electron chi connectivity index (χ3n) is 2.98. The quantitative estimate of drug-likeness (QED) is 0.744. The van der Waals surface area contributed by atoms with Gasteiger partial charge in [0.2, 0.25) is 5.91 Å². The second kappa shape index (κ2) is 7.70. The zero-order valence-corrected chi connectivity index (χ0v) is 13.5. The molecule has 0 saturated heterocycles. The topological polar surface area (TPSA) is 101 Å². The van der Waals surface area contributed by atoms with Crippen LogP contribution in [0.15, 0.2) is 29.6 Å². The number of amides is 2. The first-order valence-electron chi connectivity index (χ1n) is 6.83. The maximum atomic E-state index is 12.0. The van der Waals surface area contributed by atoms with Gasteiger partial charge in [0.15, 0.2) is 5.13 Å². The van der Waals surface area contributed by atoms with Gasteiger partial charge in [-0.1, -0.05) is 12.1 Å². The van der Waals surface area contributed by atoms with Gasteiger partial charge in [0.05, 0.1) is 13.2 Å². The van der Waals surface area contributed by atoms with Crippen molar-refractivity contribution in [3.8, 4) is 5.75 Å². The predicted molar refractivity (Wildman–Crippen MR) is 86.7 cm³/mol. The number of aliphatic hydroxyl groups excluding tert-OH is 1. The van der Waals surface area contributed by atoms with Crippen molar-refractivity contribution in [2.24, 2.45) is 0 Å². The maximum Gasteiger partial charge on any atom is 0.270 e. The Labute approximate surface area is 137 Å². The standard InChI is InChI=1S/C15H17N3O4S/c1-9(19)17-15-18-12(8-23-15)14(21)16-7-13(20)10-3-5-11(22-2)6-4-10/h3-6,8,13,20H,7H2,1-2H3,(H,16,21)(H,17,18,19). The van der Waals surface area contributed by atoms with Gasteiger partial charge in [-0.3, -0.25) is 9.59 Å². The molecule has 0 aliphatic rings. The average molecular weight is 335 g/mol. The monoisotopic (exact) mass is 335 g/mol. The number of methoxy groups -OCH3 is 1. The van der Waals surface area contributed by atoms with Crippen molar-refractivity contribution in [1.82, 2.24) is 10.3 Å². The number of rotatable bonds is 6. The van der Waals surface area contributed by atoms with Gasteiger partial charge in [-0.15, -0.1) is 11.3 Å². The number of aromatic nitrogens is 1. The number of carbonyl (C=O) groups excluding carboxylic acids is 2. The molecule has 7 nitrogen and oxygen atoms in total. The molecule has 2 amide bonds. The first-order valence-corrected chi connectivity index (χ1v) is 7.71. The smallest absolute Gasteiger partial charge is 0.270 e. The molecule has 2 rings (SSSR count). The fourth-order valence-corrected chi connectivity index (χ4v) is 2.55. The SMILES string of the molecule is COc1ccc(C(O)CNC(=O)c2csc(NC(C)=O)n2)cc1. The van der Waals surface area contributed by atoms with E-state index in [4.69, 9.17) is 4.74 Å². The first kappa shape index (κ1) is 16.9. The summed E-state index contributed by atoms with van der Waals surface area (Å²) in [4.78, 5) is 26.9. The molecule has 0 radical (unpaired) electrons. The lowest BCUT2D eigenvalue weighted by atomic mass is 10.1. The second-order valence-corrected chi connectivity index (χ2v) is 5.58. The highest BCUT2D eigenvalue weighted by Crippen LogP contribution is 2.18.